The van der Waals surface area contributed by atoms with Gasteiger partial charge in [0.25, 0.3) is 0 Å². The smallest absolute Gasteiger partial charge is 0.304 e. The molecule has 0 aliphatic rings. The summed E-state index contributed by atoms with van der Waals surface area (Å²) >= 11 is 0. The van der Waals surface area contributed by atoms with E-state index >= 15 is 0 Å². The molecule has 0 spiro atoms. The molecule has 1 heterocycles. The van der Waals surface area contributed by atoms with Crippen LogP contribution < -0.4 is 15.8 Å². The van der Waals surface area contributed by atoms with Gasteiger partial charge in [0.2, 0.25) is 15.9 Å². The summed E-state index contributed by atoms with van der Waals surface area (Å²) < 4.78 is 33.4. The number of aliphatic carboxylic acids is 1. The number of rotatable bonds is 12. The maximum Gasteiger partial charge on any atom is 0.304 e. The number of pyridine rings is 1. The lowest BCUT2D eigenvalue weighted by Gasteiger charge is -2.25. The fraction of sp³-hybridized carbons (Fsp3) is 0.333. The third-order valence-corrected chi connectivity index (χ3v) is 8.46. The molecule has 0 aliphatic carbocycles. The Morgan fingerprint density at radius 2 is 1.95 bits per heavy atom. The molecule has 1 atom stereocenters. The zero-order valence-corrected chi connectivity index (χ0v) is 22.7. The topological polar surface area (TPSA) is 155 Å². The Kier molecular flexibility index (Phi) is 9.31. The van der Waals surface area contributed by atoms with Crippen molar-refractivity contribution in [3.8, 4) is 5.88 Å². The lowest BCUT2D eigenvalue weighted by molar-refractivity contribution is -0.137. The number of hydrogen-bond donors (Lipinski definition) is 4. The zero-order chi connectivity index (χ0) is 28.0. The molecule has 11 heteroatoms. The SMILES string of the molecule is CNc1ccc(C(CC(=O)O)c2ccc(C)c(CN(CCO)S(=O)(=O)c3cccnc3OC)c2)c(C)c1N. The predicted molar refractivity (Wildman–Crippen MR) is 146 cm³/mol. The van der Waals surface area contributed by atoms with Crippen LogP contribution in [0, 0.1) is 13.8 Å². The lowest BCUT2D eigenvalue weighted by atomic mass is 9.84. The van der Waals surface area contributed by atoms with Gasteiger partial charge in [-0.1, -0.05) is 24.3 Å². The van der Waals surface area contributed by atoms with Crippen molar-refractivity contribution in [3.05, 3.63) is 76.5 Å². The number of aliphatic hydroxyl groups excluding tert-OH is 1. The number of anilines is 2. The fourth-order valence-corrected chi connectivity index (χ4v) is 5.97. The molecule has 204 valence electrons. The molecule has 3 rings (SSSR count). The van der Waals surface area contributed by atoms with E-state index in [2.05, 4.69) is 10.3 Å². The lowest BCUT2D eigenvalue weighted by Crippen LogP contribution is -2.33. The van der Waals surface area contributed by atoms with Crippen molar-refractivity contribution in [2.45, 2.75) is 37.6 Å². The monoisotopic (exact) mass is 542 g/mol. The number of nitrogens with two attached hydrogens (primary N) is 1. The molecular weight excluding hydrogens is 508 g/mol. The molecule has 0 saturated carbocycles. The number of carboxylic acids is 1. The van der Waals surface area contributed by atoms with Gasteiger partial charge in [0.05, 0.1) is 31.5 Å². The summed E-state index contributed by atoms with van der Waals surface area (Å²) in [6, 6.07) is 12.1. The van der Waals surface area contributed by atoms with Crippen LogP contribution in [0.25, 0.3) is 0 Å². The van der Waals surface area contributed by atoms with Crippen molar-refractivity contribution in [2.24, 2.45) is 0 Å². The van der Waals surface area contributed by atoms with Crippen LogP contribution >= 0.6 is 0 Å². The van der Waals surface area contributed by atoms with Gasteiger partial charge in [0.1, 0.15) is 4.90 Å². The summed E-state index contributed by atoms with van der Waals surface area (Å²) in [5.41, 5.74) is 11.4. The van der Waals surface area contributed by atoms with Crippen molar-refractivity contribution < 1.29 is 28.2 Å². The number of nitrogen functional groups attached to an aromatic ring is 1. The number of aryl methyl sites for hydroxylation is 1. The Hall–Kier alpha value is -3.67. The number of hydrogen-bond acceptors (Lipinski definition) is 8. The number of ether oxygens (including phenoxy) is 1. The van der Waals surface area contributed by atoms with Crippen LogP contribution in [0.5, 0.6) is 5.88 Å². The Balaban J connectivity index is 2.08. The highest BCUT2D eigenvalue weighted by Gasteiger charge is 2.29. The number of nitrogens with one attached hydrogen (secondary N) is 1. The molecule has 38 heavy (non-hydrogen) atoms. The van der Waals surface area contributed by atoms with E-state index < -0.39 is 28.5 Å². The van der Waals surface area contributed by atoms with Crippen LogP contribution in [0.4, 0.5) is 11.4 Å². The van der Waals surface area contributed by atoms with Crippen LogP contribution in [0.3, 0.4) is 0 Å². The minimum Gasteiger partial charge on any atom is -0.481 e. The first-order valence-electron chi connectivity index (χ1n) is 12.0. The summed E-state index contributed by atoms with van der Waals surface area (Å²) in [5.74, 6) is -1.53. The van der Waals surface area contributed by atoms with E-state index in [1.165, 1.54) is 25.4 Å². The minimum atomic E-state index is -4.08. The molecule has 0 aliphatic heterocycles. The van der Waals surface area contributed by atoms with Crippen LogP contribution in [-0.4, -0.2) is 61.2 Å². The number of aliphatic hydroxyl groups is 1. The number of methoxy groups -OCH3 is 1. The van der Waals surface area contributed by atoms with E-state index in [4.69, 9.17) is 10.5 Å². The molecule has 1 aromatic heterocycles. The molecule has 0 bridgehead atoms. The Labute approximate surface area is 223 Å². The molecule has 1 unspecified atom stereocenters. The first-order valence-corrected chi connectivity index (χ1v) is 13.5. The number of benzene rings is 2. The normalized spacial score (nSPS) is 12.4. The Bertz CT molecular complexity index is 1410. The van der Waals surface area contributed by atoms with Gasteiger partial charge in [0, 0.05) is 32.3 Å². The molecule has 0 radical (unpaired) electrons. The third-order valence-electron chi connectivity index (χ3n) is 6.60. The molecule has 0 saturated heterocycles. The quantitative estimate of drug-likeness (QED) is 0.253. The summed E-state index contributed by atoms with van der Waals surface area (Å²) in [7, 11) is -0.975. The second-order valence-electron chi connectivity index (χ2n) is 8.90. The van der Waals surface area contributed by atoms with Crippen molar-refractivity contribution in [3.63, 3.8) is 0 Å². The average molecular weight is 543 g/mol. The van der Waals surface area contributed by atoms with Crippen molar-refractivity contribution in [1.29, 1.82) is 0 Å². The number of carbonyl (C=O) groups is 1. The van der Waals surface area contributed by atoms with Crippen LogP contribution in [-0.2, 0) is 21.4 Å². The Morgan fingerprint density at radius 1 is 1.21 bits per heavy atom. The molecule has 5 N–H and O–H groups in total. The molecule has 3 aromatic rings. The molecule has 0 amide bonds. The van der Waals surface area contributed by atoms with Crippen molar-refractivity contribution in [2.75, 3.05) is 38.4 Å². The van der Waals surface area contributed by atoms with Crippen LogP contribution in [0.2, 0.25) is 0 Å². The second-order valence-corrected chi connectivity index (χ2v) is 10.8. The summed E-state index contributed by atoms with van der Waals surface area (Å²) in [5, 5.41) is 22.4. The third kappa shape index (κ3) is 6.07. The summed E-state index contributed by atoms with van der Waals surface area (Å²) in [4.78, 5) is 15.8. The molecule has 2 aromatic carbocycles. The van der Waals surface area contributed by atoms with Crippen LogP contribution in [0.1, 0.15) is 40.2 Å². The van der Waals surface area contributed by atoms with Gasteiger partial charge < -0.3 is 26.0 Å². The molecule has 0 fully saturated rings. The highest BCUT2D eigenvalue weighted by molar-refractivity contribution is 7.89. The van der Waals surface area contributed by atoms with Gasteiger partial charge in [-0.3, -0.25) is 4.79 Å². The van der Waals surface area contributed by atoms with Gasteiger partial charge in [-0.15, -0.1) is 0 Å². The van der Waals surface area contributed by atoms with Gasteiger partial charge in [0.15, 0.2) is 0 Å². The zero-order valence-electron chi connectivity index (χ0n) is 21.9. The number of aromatic nitrogens is 1. The van der Waals surface area contributed by atoms with E-state index in [0.29, 0.717) is 16.8 Å². The summed E-state index contributed by atoms with van der Waals surface area (Å²) in [6.45, 7) is 3.12. The van der Waals surface area contributed by atoms with Gasteiger partial charge >= 0.3 is 5.97 Å². The van der Waals surface area contributed by atoms with Gasteiger partial charge in [-0.05, 0) is 59.9 Å². The van der Waals surface area contributed by atoms with E-state index in [0.717, 1.165) is 26.7 Å². The maximum absolute atomic E-state index is 13.5. The summed E-state index contributed by atoms with van der Waals surface area (Å²) in [6.07, 6.45) is 1.26. The standard InChI is InChI=1S/C27H34N4O6S/c1-17-7-8-19(22(15-25(33)34)21-9-10-23(29-3)26(28)18(21)2)14-20(17)16-31(12-13-32)38(35,36)24-6-5-11-30-27(24)37-4/h5-11,14,22,29,32H,12-13,15-16,28H2,1-4H3,(H,33,34). The average Bonchev–Trinajstić information content (AvgIpc) is 2.89. The number of nitrogens with zero attached hydrogens (tertiary/aromatic N) is 2. The maximum atomic E-state index is 13.5. The largest absolute Gasteiger partial charge is 0.481 e. The minimum absolute atomic E-state index is 0.0412. The number of carboxylic acid groups (broad SMARTS) is 1. The van der Waals surface area contributed by atoms with Crippen molar-refractivity contribution in [1.82, 2.24) is 9.29 Å². The van der Waals surface area contributed by atoms with E-state index in [-0.39, 0.29) is 30.3 Å². The fourth-order valence-electron chi connectivity index (χ4n) is 4.45. The number of sulfonamides is 1. The van der Waals surface area contributed by atoms with Crippen LogP contribution in [0.15, 0.2) is 53.6 Å². The van der Waals surface area contributed by atoms with Gasteiger partial charge in [-0.25, -0.2) is 13.4 Å². The molecule has 10 nitrogen and oxygen atoms in total. The Morgan fingerprint density at radius 3 is 2.58 bits per heavy atom. The predicted octanol–water partition coefficient (Wildman–Crippen LogP) is 3.12. The second kappa shape index (κ2) is 12.2. The highest BCUT2D eigenvalue weighted by Crippen LogP contribution is 2.36. The highest BCUT2D eigenvalue weighted by atomic mass is 32.2. The molecular formula is C27H34N4O6S. The first kappa shape index (κ1) is 28.9. The van der Waals surface area contributed by atoms with E-state index in [9.17, 15) is 23.4 Å². The van der Waals surface area contributed by atoms with E-state index in [1.807, 2.05) is 44.2 Å². The first-order chi connectivity index (χ1) is 18.0. The van der Waals surface area contributed by atoms with Crippen molar-refractivity contribution >= 4 is 27.4 Å². The van der Waals surface area contributed by atoms with E-state index in [1.54, 1.807) is 7.05 Å². The van der Waals surface area contributed by atoms with Gasteiger partial charge in [-0.2, -0.15) is 4.31 Å².